The molecule has 0 amide bonds. The molecule has 2 aliphatic rings. The Kier molecular flexibility index (Phi) is 5.33. The predicted octanol–water partition coefficient (Wildman–Crippen LogP) is 2.24. The van der Waals surface area contributed by atoms with Crippen molar-refractivity contribution in [1.29, 1.82) is 0 Å². The van der Waals surface area contributed by atoms with Crippen LogP contribution in [0.5, 0.6) is 0 Å². The van der Waals surface area contributed by atoms with Crippen LogP contribution in [0, 0.1) is 0 Å². The van der Waals surface area contributed by atoms with Crippen molar-refractivity contribution in [2.75, 3.05) is 6.67 Å². The van der Waals surface area contributed by atoms with E-state index in [2.05, 4.69) is 22.6 Å². The first-order valence-corrected chi connectivity index (χ1v) is 8.09. The summed E-state index contributed by atoms with van der Waals surface area (Å²) in [4.78, 5) is 22.7. The fourth-order valence-corrected chi connectivity index (χ4v) is 3.67. The Bertz CT molecular complexity index is 867. The third kappa shape index (κ3) is 2.29. The first-order valence-electron chi connectivity index (χ1n) is 8.09. The molecule has 0 radical (unpaired) electrons. The van der Waals surface area contributed by atoms with E-state index >= 15 is 22.0 Å². The number of carbonyl (C=O) groups excluding carboxylic acids is 2. The number of rotatable bonds is 5. The van der Waals surface area contributed by atoms with Crippen molar-refractivity contribution in [2.24, 2.45) is 0 Å². The summed E-state index contributed by atoms with van der Waals surface area (Å²) < 4.78 is 154. The second-order valence-electron chi connectivity index (χ2n) is 7.02. The van der Waals surface area contributed by atoms with E-state index in [1.54, 1.807) is 0 Å². The smallest absolute Gasteiger partial charge is 0.385 e. The van der Waals surface area contributed by atoms with Crippen LogP contribution < -0.4 is 0 Å². The average Bonchev–Trinajstić information content (AvgIpc) is 2.69. The van der Waals surface area contributed by atoms with Gasteiger partial charge >= 0.3 is 41.5 Å². The van der Waals surface area contributed by atoms with E-state index in [0.717, 1.165) is 0 Å². The number of alkyl halides is 10. The van der Waals surface area contributed by atoms with Crippen LogP contribution in [0.2, 0.25) is 0 Å². The molecule has 182 valence electrons. The molecular formula is C16H12F10O6. The third-order valence-electron chi connectivity index (χ3n) is 5.38. The summed E-state index contributed by atoms with van der Waals surface area (Å²) >= 11 is 0. The van der Waals surface area contributed by atoms with E-state index in [0.29, 0.717) is 0 Å². The van der Waals surface area contributed by atoms with E-state index in [4.69, 9.17) is 0 Å². The predicted molar refractivity (Wildman–Crippen MR) is 79.4 cm³/mol. The lowest BCUT2D eigenvalue weighted by Gasteiger charge is -2.66. The molecule has 2 fully saturated rings. The average molecular weight is 490 g/mol. The number of halogens is 10. The molecule has 2 saturated carbocycles. The number of ether oxygens (including phenoxy) is 2. The number of carbonyl (C=O) groups is 2. The van der Waals surface area contributed by atoms with E-state index in [1.165, 1.54) is 0 Å². The van der Waals surface area contributed by atoms with Crippen molar-refractivity contribution in [1.82, 2.24) is 0 Å². The van der Waals surface area contributed by atoms with Crippen LogP contribution in [0.1, 0.15) is 6.42 Å². The van der Waals surface area contributed by atoms with Gasteiger partial charge in [-0.15, -0.1) is 0 Å². The molecule has 4 unspecified atom stereocenters. The van der Waals surface area contributed by atoms with Gasteiger partial charge < -0.3 is 19.7 Å². The summed E-state index contributed by atoms with van der Waals surface area (Å²) in [6.45, 7) is 2.10. The second-order valence-corrected chi connectivity index (χ2v) is 7.02. The van der Waals surface area contributed by atoms with Crippen molar-refractivity contribution >= 4 is 11.9 Å². The summed E-state index contributed by atoms with van der Waals surface area (Å²) in [7, 11) is 0. The summed E-state index contributed by atoms with van der Waals surface area (Å²) in [5.74, 6) is -38.6. The maximum Gasteiger partial charge on any atom is 0.385 e. The molecule has 0 aromatic carbocycles. The Balaban J connectivity index is 3.14. The molecule has 2 bridgehead atoms. The van der Waals surface area contributed by atoms with Crippen molar-refractivity contribution < 1.29 is 73.2 Å². The SMILES string of the molecule is C=CC(=O)OC1(F)C(F)(F)C2(OC(=O)C=C)CC(O)(CF)C(F)(F)C(O)(C1(F)F)C2(F)F. The Morgan fingerprint density at radius 1 is 0.781 bits per heavy atom. The Morgan fingerprint density at radius 2 is 1.22 bits per heavy atom. The van der Waals surface area contributed by atoms with Gasteiger partial charge in [-0.3, -0.25) is 0 Å². The molecule has 0 saturated heterocycles. The summed E-state index contributed by atoms with van der Waals surface area (Å²) in [5, 5.41) is 19.6. The van der Waals surface area contributed by atoms with E-state index in [-0.39, 0.29) is 12.2 Å². The van der Waals surface area contributed by atoms with Gasteiger partial charge in [-0.1, -0.05) is 13.2 Å². The molecular weight excluding hydrogens is 478 g/mol. The van der Waals surface area contributed by atoms with Crippen molar-refractivity contribution in [3.8, 4) is 0 Å². The van der Waals surface area contributed by atoms with Crippen LogP contribution in [-0.2, 0) is 19.1 Å². The number of esters is 2. The van der Waals surface area contributed by atoms with Gasteiger partial charge in [-0.05, 0) is 0 Å². The van der Waals surface area contributed by atoms with E-state index in [1.807, 2.05) is 0 Å². The molecule has 0 aromatic rings. The molecule has 0 aromatic heterocycles. The summed E-state index contributed by atoms with van der Waals surface area (Å²) in [6.07, 6.45) is -3.57. The molecule has 32 heavy (non-hydrogen) atoms. The van der Waals surface area contributed by atoms with Crippen molar-refractivity contribution in [2.45, 2.75) is 52.8 Å². The standard InChI is InChI=1S/C16H12F10O6/c1-3-7(27)31-10-5-9(29,6-17)12(18,19)11(30,13(10,20)21)15(24,25)16(26,14(10,22)23)32-8(28)4-2/h3-4,29-30H,1-2,5-6H2. The number of hydrogen-bond donors (Lipinski definition) is 2. The van der Waals surface area contributed by atoms with Crippen molar-refractivity contribution in [3.05, 3.63) is 25.3 Å². The Labute approximate surface area is 171 Å². The minimum Gasteiger partial charge on any atom is -0.442 e. The zero-order valence-corrected chi connectivity index (χ0v) is 15.3. The summed E-state index contributed by atoms with van der Waals surface area (Å²) in [5.41, 5.74) is -17.4. The minimum absolute atomic E-state index is 0.177. The van der Waals surface area contributed by atoms with Gasteiger partial charge in [0.2, 0.25) is 0 Å². The Hall–Kier alpha value is -2.36. The van der Waals surface area contributed by atoms with Crippen LogP contribution in [0.15, 0.2) is 25.3 Å². The largest absolute Gasteiger partial charge is 0.442 e. The van der Waals surface area contributed by atoms with Crippen LogP contribution >= 0.6 is 0 Å². The highest BCUT2D eigenvalue weighted by atomic mass is 19.3. The van der Waals surface area contributed by atoms with Crippen LogP contribution in [0.25, 0.3) is 0 Å². The monoisotopic (exact) mass is 490 g/mol. The number of aliphatic hydroxyl groups is 2. The molecule has 2 rings (SSSR count). The molecule has 16 heteroatoms. The lowest BCUT2D eigenvalue weighted by atomic mass is 9.52. The zero-order chi connectivity index (χ0) is 25.4. The van der Waals surface area contributed by atoms with E-state index in [9.17, 15) is 41.8 Å². The molecule has 4 atom stereocenters. The lowest BCUT2D eigenvalue weighted by Crippen LogP contribution is -2.98. The summed E-state index contributed by atoms with van der Waals surface area (Å²) in [6, 6.07) is 0. The minimum atomic E-state index is -7.18. The van der Waals surface area contributed by atoms with Gasteiger partial charge in [0.1, 0.15) is 6.67 Å². The Morgan fingerprint density at radius 3 is 1.62 bits per heavy atom. The highest BCUT2D eigenvalue weighted by Crippen LogP contribution is 2.75. The normalized spacial score (nSPS) is 40.6. The van der Waals surface area contributed by atoms with Crippen molar-refractivity contribution in [3.63, 3.8) is 0 Å². The molecule has 6 nitrogen and oxygen atoms in total. The highest BCUT2D eigenvalue weighted by molar-refractivity contribution is 5.83. The van der Waals surface area contributed by atoms with Crippen LogP contribution in [0.3, 0.4) is 0 Å². The van der Waals surface area contributed by atoms with Gasteiger partial charge in [0, 0.05) is 18.6 Å². The van der Waals surface area contributed by atoms with Gasteiger partial charge in [0.05, 0.1) is 0 Å². The molecule has 0 aliphatic heterocycles. The van der Waals surface area contributed by atoms with Crippen LogP contribution in [0.4, 0.5) is 43.9 Å². The fourth-order valence-electron chi connectivity index (χ4n) is 3.67. The van der Waals surface area contributed by atoms with Gasteiger partial charge in [0.15, 0.2) is 5.60 Å². The van der Waals surface area contributed by atoms with Crippen LogP contribution in [-0.4, -0.2) is 75.2 Å². The number of hydrogen-bond acceptors (Lipinski definition) is 6. The first kappa shape index (κ1) is 25.9. The maximum atomic E-state index is 15.2. The third-order valence-corrected chi connectivity index (χ3v) is 5.38. The molecule has 2 N–H and O–H groups in total. The molecule has 2 aliphatic carbocycles. The van der Waals surface area contributed by atoms with E-state index < -0.39 is 71.4 Å². The maximum absolute atomic E-state index is 15.2. The van der Waals surface area contributed by atoms with Gasteiger partial charge in [-0.2, -0.15) is 39.5 Å². The quantitative estimate of drug-likeness (QED) is 0.349. The number of fused-ring (bicyclic) bond motifs is 2. The highest BCUT2D eigenvalue weighted by Gasteiger charge is 3.07. The lowest BCUT2D eigenvalue weighted by molar-refractivity contribution is -0.549. The first-order chi connectivity index (χ1) is 14.2. The zero-order valence-electron chi connectivity index (χ0n) is 15.3. The molecule has 0 spiro atoms. The molecule has 0 heterocycles. The fraction of sp³-hybridized carbons (Fsp3) is 0.625. The second kappa shape index (κ2) is 6.59. The van der Waals surface area contributed by atoms with Gasteiger partial charge in [-0.25, -0.2) is 14.0 Å². The van der Waals surface area contributed by atoms with Gasteiger partial charge in [0.25, 0.3) is 11.2 Å². The topological polar surface area (TPSA) is 93.1 Å².